The molecule has 0 atom stereocenters. The molecule has 3 rings (SSSR count). The summed E-state index contributed by atoms with van der Waals surface area (Å²) < 4.78 is 26.0. The van der Waals surface area contributed by atoms with Crippen molar-refractivity contribution in [2.45, 2.75) is 90.9 Å². The van der Waals surface area contributed by atoms with E-state index in [4.69, 9.17) is 9.47 Å². The number of ether oxygens (including phenoxy) is 2. The van der Waals surface area contributed by atoms with Crippen molar-refractivity contribution in [3.63, 3.8) is 0 Å². The molecule has 0 saturated carbocycles. The Hall–Kier alpha value is -2.86. The molecule has 0 amide bonds. The third-order valence-electron chi connectivity index (χ3n) is 7.63. The normalized spacial score (nSPS) is 11.4. The predicted octanol–water partition coefficient (Wildman–Crippen LogP) is 8.74. The van der Waals surface area contributed by atoms with Gasteiger partial charge in [0.1, 0.15) is 17.3 Å². The quantitative estimate of drug-likeness (QED) is 0.142. The summed E-state index contributed by atoms with van der Waals surface area (Å²) in [5, 5.41) is 0.0296. The van der Waals surface area contributed by atoms with Crippen molar-refractivity contribution >= 4 is 10.9 Å². The van der Waals surface area contributed by atoms with E-state index in [-0.39, 0.29) is 10.8 Å². The van der Waals surface area contributed by atoms with Crippen molar-refractivity contribution in [2.24, 2.45) is 0 Å². The van der Waals surface area contributed by atoms with Gasteiger partial charge in [-0.3, -0.25) is 4.79 Å². The Kier molecular flexibility index (Phi) is 14.1. The summed E-state index contributed by atoms with van der Waals surface area (Å²) in [6.45, 7) is 8.46. The first-order valence-corrected chi connectivity index (χ1v) is 15.4. The Labute approximate surface area is 240 Å². The fraction of sp³-hybridized carbons (Fsp3) is 0.559. The maximum absolute atomic E-state index is 14.8. The molecule has 0 fully saturated rings. The SMILES string of the molecule is CCCCCCCCCCN(CCCC)CCCCOc1ccc(F)c2c(=O)c(-c3ccc(OC)cc3)c[nH]c12. The molecule has 0 aliphatic rings. The van der Waals surface area contributed by atoms with E-state index in [1.807, 2.05) is 0 Å². The Morgan fingerprint density at radius 1 is 0.775 bits per heavy atom. The Bertz CT molecular complexity index is 1190. The minimum atomic E-state index is -0.550. The molecular formula is C34H49FN2O3. The van der Waals surface area contributed by atoms with Gasteiger partial charge < -0.3 is 19.4 Å². The molecule has 2 aromatic carbocycles. The topological polar surface area (TPSA) is 54.6 Å². The number of halogens is 1. The third-order valence-corrected chi connectivity index (χ3v) is 7.63. The third kappa shape index (κ3) is 9.65. The number of benzene rings is 2. The van der Waals surface area contributed by atoms with Crippen LogP contribution in [0.5, 0.6) is 11.5 Å². The van der Waals surface area contributed by atoms with E-state index in [2.05, 4.69) is 23.7 Å². The van der Waals surface area contributed by atoms with E-state index in [1.54, 1.807) is 43.6 Å². The lowest BCUT2D eigenvalue weighted by molar-refractivity contribution is 0.242. The van der Waals surface area contributed by atoms with Gasteiger partial charge in [0.15, 0.2) is 5.43 Å². The van der Waals surface area contributed by atoms with Crippen molar-refractivity contribution in [1.29, 1.82) is 0 Å². The first-order valence-electron chi connectivity index (χ1n) is 15.4. The van der Waals surface area contributed by atoms with Crippen LogP contribution >= 0.6 is 0 Å². The summed E-state index contributed by atoms with van der Waals surface area (Å²) in [6.07, 6.45) is 16.8. The van der Waals surface area contributed by atoms with Crippen LogP contribution in [0.3, 0.4) is 0 Å². The Morgan fingerprint density at radius 2 is 1.40 bits per heavy atom. The zero-order valence-electron chi connectivity index (χ0n) is 24.9. The zero-order chi connectivity index (χ0) is 28.6. The fourth-order valence-electron chi connectivity index (χ4n) is 5.18. The number of nitrogens with one attached hydrogen (secondary N) is 1. The lowest BCUT2D eigenvalue weighted by Gasteiger charge is -2.22. The molecule has 40 heavy (non-hydrogen) atoms. The molecule has 0 radical (unpaired) electrons. The van der Waals surface area contributed by atoms with E-state index in [1.165, 1.54) is 76.8 Å². The minimum absolute atomic E-state index is 0.0296. The van der Waals surface area contributed by atoms with Gasteiger partial charge in [0.2, 0.25) is 0 Å². The summed E-state index contributed by atoms with van der Waals surface area (Å²) in [4.78, 5) is 19.0. The number of aromatic nitrogens is 1. The highest BCUT2D eigenvalue weighted by molar-refractivity contribution is 5.88. The highest BCUT2D eigenvalue weighted by atomic mass is 19.1. The van der Waals surface area contributed by atoms with Crippen molar-refractivity contribution in [3.8, 4) is 22.6 Å². The Morgan fingerprint density at radius 3 is 2.08 bits per heavy atom. The predicted molar refractivity (Wildman–Crippen MR) is 165 cm³/mol. The van der Waals surface area contributed by atoms with Gasteiger partial charge in [0.25, 0.3) is 0 Å². The van der Waals surface area contributed by atoms with Gasteiger partial charge in [-0.05, 0) is 75.1 Å². The summed E-state index contributed by atoms with van der Waals surface area (Å²) in [7, 11) is 1.59. The van der Waals surface area contributed by atoms with Crippen LogP contribution in [0, 0.1) is 5.82 Å². The lowest BCUT2D eigenvalue weighted by Crippen LogP contribution is -2.27. The lowest BCUT2D eigenvalue weighted by atomic mass is 10.0. The molecule has 0 unspecified atom stereocenters. The molecule has 5 nitrogen and oxygen atoms in total. The van der Waals surface area contributed by atoms with Crippen molar-refractivity contribution < 1.29 is 13.9 Å². The van der Waals surface area contributed by atoms with Crippen LogP contribution in [0.2, 0.25) is 0 Å². The first kappa shape index (κ1) is 31.7. The molecule has 0 aliphatic carbocycles. The standard InChI is InChI=1S/C34H49FN2O3/c1-4-6-8-9-10-11-12-13-23-37(22-7-5-2)24-14-15-25-40-31-21-20-30(35)32-33(31)36-26-29(34(32)38)27-16-18-28(39-3)19-17-27/h16-21,26H,4-15,22-25H2,1-3H3,(H,36,38). The Balaban J connectivity index is 1.50. The van der Waals surface area contributed by atoms with Crippen LogP contribution in [0.15, 0.2) is 47.4 Å². The second-order valence-electron chi connectivity index (χ2n) is 10.8. The molecule has 1 N–H and O–H groups in total. The fourth-order valence-corrected chi connectivity index (χ4v) is 5.18. The number of aromatic amines is 1. The number of nitrogens with zero attached hydrogens (tertiary/aromatic N) is 1. The second kappa shape index (κ2) is 17.8. The maximum Gasteiger partial charge on any atom is 0.200 e. The number of methoxy groups -OCH3 is 1. The number of hydrogen-bond acceptors (Lipinski definition) is 4. The molecule has 0 aliphatic heterocycles. The molecule has 6 heteroatoms. The molecule has 1 heterocycles. The van der Waals surface area contributed by atoms with E-state index in [0.717, 1.165) is 25.9 Å². The van der Waals surface area contributed by atoms with Gasteiger partial charge >= 0.3 is 0 Å². The number of H-pyrrole nitrogens is 1. The van der Waals surface area contributed by atoms with Gasteiger partial charge in [-0.2, -0.15) is 0 Å². The average Bonchev–Trinajstić information content (AvgIpc) is 2.97. The maximum atomic E-state index is 14.8. The van der Waals surface area contributed by atoms with Crippen LogP contribution in [0.4, 0.5) is 4.39 Å². The van der Waals surface area contributed by atoms with Crippen LogP contribution < -0.4 is 14.9 Å². The van der Waals surface area contributed by atoms with Gasteiger partial charge in [-0.15, -0.1) is 0 Å². The molecule has 3 aromatic rings. The molecule has 0 saturated heterocycles. The number of rotatable bonds is 20. The van der Waals surface area contributed by atoms with Crippen LogP contribution in [-0.4, -0.2) is 43.2 Å². The first-order chi connectivity index (χ1) is 19.6. The number of hydrogen-bond donors (Lipinski definition) is 1. The van der Waals surface area contributed by atoms with E-state index in [0.29, 0.717) is 34.7 Å². The van der Waals surface area contributed by atoms with E-state index >= 15 is 0 Å². The van der Waals surface area contributed by atoms with Crippen LogP contribution in [0.25, 0.3) is 22.0 Å². The van der Waals surface area contributed by atoms with Crippen molar-refractivity contribution in [3.05, 3.63) is 58.6 Å². The smallest absolute Gasteiger partial charge is 0.200 e. The van der Waals surface area contributed by atoms with Crippen LogP contribution in [-0.2, 0) is 0 Å². The number of fused-ring (bicyclic) bond motifs is 1. The second-order valence-corrected chi connectivity index (χ2v) is 10.8. The van der Waals surface area contributed by atoms with E-state index in [9.17, 15) is 9.18 Å². The van der Waals surface area contributed by atoms with Gasteiger partial charge in [-0.1, -0.05) is 77.3 Å². The highest BCUT2D eigenvalue weighted by Gasteiger charge is 2.15. The van der Waals surface area contributed by atoms with Gasteiger partial charge in [0, 0.05) is 11.8 Å². The highest BCUT2D eigenvalue weighted by Crippen LogP contribution is 2.27. The minimum Gasteiger partial charge on any atom is -0.497 e. The molecule has 220 valence electrons. The van der Waals surface area contributed by atoms with Crippen molar-refractivity contribution in [1.82, 2.24) is 9.88 Å². The zero-order valence-corrected chi connectivity index (χ0v) is 24.9. The summed E-state index contributed by atoms with van der Waals surface area (Å²) in [5.41, 5.74) is 1.17. The van der Waals surface area contributed by atoms with Crippen molar-refractivity contribution in [2.75, 3.05) is 33.4 Å². The number of pyridine rings is 1. The van der Waals surface area contributed by atoms with E-state index < -0.39 is 5.82 Å². The number of unbranched alkanes of at least 4 members (excludes halogenated alkanes) is 9. The van der Waals surface area contributed by atoms with Crippen LogP contribution in [0.1, 0.15) is 90.9 Å². The monoisotopic (exact) mass is 552 g/mol. The summed E-state index contributed by atoms with van der Waals surface area (Å²) in [5.74, 6) is 0.660. The van der Waals surface area contributed by atoms with Gasteiger partial charge in [-0.25, -0.2) is 4.39 Å². The van der Waals surface area contributed by atoms with Gasteiger partial charge in [0.05, 0.1) is 24.6 Å². The summed E-state index contributed by atoms with van der Waals surface area (Å²) >= 11 is 0. The molecule has 0 spiro atoms. The molecular weight excluding hydrogens is 503 g/mol. The molecule has 0 bridgehead atoms. The average molecular weight is 553 g/mol. The molecule has 1 aromatic heterocycles. The largest absolute Gasteiger partial charge is 0.497 e. The summed E-state index contributed by atoms with van der Waals surface area (Å²) in [6, 6.07) is 10.1.